The van der Waals surface area contributed by atoms with E-state index < -0.39 is 0 Å². The van der Waals surface area contributed by atoms with Gasteiger partial charge in [0.05, 0.1) is 12.6 Å². The van der Waals surface area contributed by atoms with Gasteiger partial charge in [0.25, 0.3) is 0 Å². The Morgan fingerprint density at radius 1 is 1.58 bits per heavy atom. The van der Waals surface area contributed by atoms with Gasteiger partial charge in [0.1, 0.15) is 12.7 Å². The highest BCUT2D eigenvalue weighted by Gasteiger charge is 2.30. The van der Waals surface area contributed by atoms with Crippen LogP contribution in [0.2, 0.25) is 0 Å². The number of carbonyl (C=O) groups is 1. The molecule has 2 heterocycles. The highest BCUT2D eigenvalue weighted by molar-refractivity contribution is 5.75. The number of ether oxygens (including phenoxy) is 1. The van der Waals surface area contributed by atoms with Gasteiger partial charge in [0.15, 0.2) is 0 Å². The van der Waals surface area contributed by atoms with Crippen LogP contribution in [0.3, 0.4) is 0 Å². The molecule has 0 unspecified atom stereocenters. The molecule has 1 N–H and O–H groups in total. The molecule has 2 rings (SSSR count). The van der Waals surface area contributed by atoms with Gasteiger partial charge >= 0.3 is 0 Å². The maximum atomic E-state index is 11.8. The van der Waals surface area contributed by atoms with E-state index in [0.29, 0.717) is 31.3 Å². The third-order valence-electron chi connectivity index (χ3n) is 3.52. The van der Waals surface area contributed by atoms with E-state index in [2.05, 4.69) is 29.2 Å². The van der Waals surface area contributed by atoms with Gasteiger partial charge in [0.2, 0.25) is 5.91 Å². The van der Waals surface area contributed by atoms with E-state index in [1.165, 1.54) is 6.33 Å². The first-order valence-electron chi connectivity index (χ1n) is 6.87. The molecule has 1 aromatic rings. The van der Waals surface area contributed by atoms with Crippen LogP contribution in [0.15, 0.2) is 12.7 Å². The van der Waals surface area contributed by atoms with Crippen molar-refractivity contribution in [3.8, 4) is 0 Å². The minimum absolute atomic E-state index is 0.0601. The Labute approximate surface area is 113 Å². The molecule has 1 amide bonds. The lowest BCUT2D eigenvalue weighted by molar-refractivity contribution is -0.121. The first kappa shape index (κ1) is 14.0. The predicted molar refractivity (Wildman–Crippen MR) is 70.3 cm³/mol. The Kier molecular flexibility index (Phi) is 4.90. The summed E-state index contributed by atoms with van der Waals surface area (Å²) < 4.78 is 7.37. The molecule has 0 bridgehead atoms. The van der Waals surface area contributed by atoms with Gasteiger partial charge in [-0.2, -0.15) is 5.10 Å². The molecule has 0 saturated carbocycles. The Hall–Kier alpha value is -1.43. The molecular weight excluding hydrogens is 244 g/mol. The molecule has 106 valence electrons. The van der Waals surface area contributed by atoms with Crippen LogP contribution < -0.4 is 5.32 Å². The van der Waals surface area contributed by atoms with E-state index in [1.54, 1.807) is 11.0 Å². The molecule has 2 atom stereocenters. The third kappa shape index (κ3) is 4.02. The Balaban J connectivity index is 1.68. The quantitative estimate of drug-likeness (QED) is 0.828. The van der Waals surface area contributed by atoms with E-state index in [9.17, 15) is 4.79 Å². The SMILES string of the molecule is CC(C)[C@H]1OCC[C@@H]1CNC(=O)CCn1cncn1. The molecule has 6 nitrogen and oxygen atoms in total. The minimum Gasteiger partial charge on any atom is -0.378 e. The molecule has 0 radical (unpaired) electrons. The van der Waals surface area contributed by atoms with E-state index in [-0.39, 0.29) is 12.0 Å². The smallest absolute Gasteiger partial charge is 0.221 e. The second kappa shape index (κ2) is 6.65. The summed E-state index contributed by atoms with van der Waals surface area (Å²) in [5.41, 5.74) is 0. The van der Waals surface area contributed by atoms with Gasteiger partial charge in [0, 0.05) is 25.5 Å². The van der Waals surface area contributed by atoms with Gasteiger partial charge < -0.3 is 10.1 Å². The average Bonchev–Trinajstić information content (AvgIpc) is 3.04. The topological polar surface area (TPSA) is 69.0 Å². The maximum absolute atomic E-state index is 11.8. The van der Waals surface area contributed by atoms with Crippen molar-refractivity contribution in [3.63, 3.8) is 0 Å². The van der Waals surface area contributed by atoms with E-state index in [1.807, 2.05) is 0 Å². The molecule has 1 fully saturated rings. The molecule has 1 aliphatic heterocycles. The second-order valence-corrected chi connectivity index (χ2v) is 5.34. The largest absolute Gasteiger partial charge is 0.378 e. The molecule has 1 aromatic heterocycles. The van der Waals surface area contributed by atoms with Crippen molar-refractivity contribution in [2.45, 2.75) is 39.3 Å². The maximum Gasteiger partial charge on any atom is 0.221 e. The number of carbonyl (C=O) groups excluding carboxylic acids is 1. The van der Waals surface area contributed by atoms with Crippen LogP contribution in [0.5, 0.6) is 0 Å². The van der Waals surface area contributed by atoms with E-state index in [4.69, 9.17) is 4.74 Å². The minimum atomic E-state index is 0.0601. The zero-order chi connectivity index (χ0) is 13.7. The van der Waals surface area contributed by atoms with Crippen molar-refractivity contribution < 1.29 is 9.53 Å². The number of hydrogen-bond acceptors (Lipinski definition) is 4. The summed E-state index contributed by atoms with van der Waals surface area (Å²) in [6.07, 6.45) is 4.83. The summed E-state index contributed by atoms with van der Waals surface area (Å²) in [5.74, 6) is 1.000. The van der Waals surface area contributed by atoms with E-state index in [0.717, 1.165) is 13.0 Å². The van der Waals surface area contributed by atoms with Gasteiger partial charge in [-0.3, -0.25) is 9.48 Å². The molecule has 0 aromatic carbocycles. The van der Waals surface area contributed by atoms with Gasteiger partial charge in [-0.1, -0.05) is 13.8 Å². The zero-order valence-electron chi connectivity index (χ0n) is 11.6. The number of rotatable bonds is 6. The van der Waals surface area contributed by atoms with Gasteiger partial charge in [-0.25, -0.2) is 4.98 Å². The van der Waals surface area contributed by atoms with Crippen molar-refractivity contribution >= 4 is 5.91 Å². The summed E-state index contributed by atoms with van der Waals surface area (Å²) >= 11 is 0. The summed E-state index contributed by atoms with van der Waals surface area (Å²) in [7, 11) is 0. The fraction of sp³-hybridized carbons (Fsp3) is 0.769. The average molecular weight is 266 g/mol. The summed E-state index contributed by atoms with van der Waals surface area (Å²) in [6.45, 7) is 6.41. The molecule has 1 aliphatic rings. The van der Waals surface area contributed by atoms with Crippen LogP contribution in [0, 0.1) is 11.8 Å². The van der Waals surface area contributed by atoms with Crippen molar-refractivity contribution in [2.24, 2.45) is 11.8 Å². The van der Waals surface area contributed by atoms with Crippen LogP contribution in [0.4, 0.5) is 0 Å². The van der Waals surface area contributed by atoms with Crippen LogP contribution in [0.25, 0.3) is 0 Å². The van der Waals surface area contributed by atoms with Crippen molar-refractivity contribution in [1.29, 1.82) is 0 Å². The highest BCUT2D eigenvalue weighted by Crippen LogP contribution is 2.25. The fourth-order valence-corrected chi connectivity index (χ4v) is 2.51. The summed E-state index contributed by atoms with van der Waals surface area (Å²) in [4.78, 5) is 15.6. The molecular formula is C13H22N4O2. The standard InChI is InChI=1S/C13H22N4O2/c1-10(2)13-11(4-6-19-13)7-15-12(18)3-5-17-9-14-8-16-17/h8-11,13H,3-7H2,1-2H3,(H,15,18)/t11-,13-/m1/s1. The number of aryl methyl sites for hydroxylation is 1. The molecule has 19 heavy (non-hydrogen) atoms. The number of nitrogens with one attached hydrogen (secondary N) is 1. The lowest BCUT2D eigenvalue weighted by atomic mass is 9.93. The number of amides is 1. The fourth-order valence-electron chi connectivity index (χ4n) is 2.51. The monoisotopic (exact) mass is 266 g/mol. The third-order valence-corrected chi connectivity index (χ3v) is 3.52. The molecule has 1 saturated heterocycles. The highest BCUT2D eigenvalue weighted by atomic mass is 16.5. The lowest BCUT2D eigenvalue weighted by Gasteiger charge is -2.22. The number of nitrogens with zero attached hydrogens (tertiary/aromatic N) is 3. The molecule has 0 aliphatic carbocycles. The number of hydrogen-bond donors (Lipinski definition) is 1. The number of aromatic nitrogens is 3. The molecule has 6 heteroatoms. The van der Waals surface area contributed by atoms with Crippen LogP contribution in [0.1, 0.15) is 26.7 Å². The normalized spacial score (nSPS) is 22.9. The molecule has 0 spiro atoms. The Morgan fingerprint density at radius 2 is 2.42 bits per heavy atom. The van der Waals surface area contributed by atoms with Crippen LogP contribution in [-0.4, -0.2) is 39.9 Å². The summed E-state index contributed by atoms with van der Waals surface area (Å²) in [6, 6.07) is 0. The zero-order valence-corrected chi connectivity index (χ0v) is 11.6. The van der Waals surface area contributed by atoms with Crippen molar-refractivity contribution in [1.82, 2.24) is 20.1 Å². The van der Waals surface area contributed by atoms with Crippen molar-refractivity contribution in [3.05, 3.63) is 12.7 Å². The first-order valence-corrected chi connectivity index (χ1v) is 6.87. The summed E-state index contributed by atoms with van der Waals surface area (Å²) in [5, 5.41) is 6.96. The van der Waals surface area contributed by atoms with Crippen molar-refractivity contribution in [2.75, 3.05) is 13.2 Å². The van der Waals surface area contributed by atoms with Crippen LogP contribution in [-0.2, 0) is 16.1 Å². The van der Waals surface area contributed by atoms with Crippen LogP contribution >= 0.6 is 0 Å². The Morgan fingerprint density at radius 3 is 3.11 bits per heavy atom. The van der Waals surface area contributed by atoms with Gasteiger partial charge in [-0.05, 0) is 12.3 Å². The Bertz CT molecular complexity index is 391. The predicted octanol–water partition coefficient (Wildman–Crippen LogP) is 0.845. The lowest BCUT2D eigenvalue weighted by Crippen LogP contribution is -2.35. The first-order chi connectivity index (χ1) is 9.16. The van der Waals surface area contributed by atoms with E-state index >= 15 is 0 Å². The van der Waals surface area contributed by atoms with Gasteiger partial charge in [-0.15, -0.1) is 0 Å². The second-order valence-electron chi connectivity index (χ2n) is 5.34.